The molecule has 0 aliphatic heterocycles. The van der Waals surface area contributed by atoms with Gasteiger partial charge in [-0.25, -0.2) is 9.78 Å². The molecule has 0 aliphatic rings. The average Bonchev–Trinajstić information content (AvgIpc) is 2.57. The van der Waals surface area contributed by atoms with Gasteiger partial charge < -0.3 is 4.98 Å². The topological polar surface area (TPSA) is 83.5 Å². The number of aromatic nitrogens is 4. The number of nitrogens with one attached hydrogen (secondary N) is 2. The molecular formula is C8H10N4O2. The Morgan fingerprint density at radius 3 is 2.71 bits per heavy atom. The Morgan fingerprint density at radius 1 is 1.36 bits per heavy atom. The van der Waals surface area contributed by atoms with Gasteiger partial charge >= 0.3 is 5.69 Å². The third-order valence-corrected chi connectivity index (χ3v) is 2.14. The molecule has 0 aliphatic carbocycles. The van der Waals surface area contributed by atoms with Gasteiger partial charge in [0, 0.05) is 13.5 Å². The molecule has 0 aromatic carbocycles. The maximum absolute atomic E-state index is 11.6. The van der Waals surface area contributed by atoms with E-state index in [-0.39, 0.29) is 5.56 Å². The number of aryl methyl sites for hydroxylation is 1. The Labute approximate surface area is 78.6 Å². The van der Waals surface area contributed by atoms with Crippen LogP contribution in [0.5, 0.6) is 0 Å². The molecular weight excluding hydrogens is 184 g/mol. The second-order valence-electron chi connectivity index (χ2n) is 3.05. The van der Waals surface area contributed by atoms with Crippen molar-refractivity contribution in [2.24, 2.45) is 7.05 Å². The highest BCUT2D eigenvalue weighted by Crippen LogP contribution is 2.01. The molecule has 0 saturated heterocycles. The normalized spacial score (nSPS) is 11.0. The van der Waals surface area contributed by atoms with Gasteiger partial charge in [0.2, 0.25) is 0 Å². The van der Waals surface area contributed by atoms with E-state index >= 15 is 0 Å². The lowest BCUT2D eigenvalue weighted by Gasteiger charge is -1.93. The van der Waals surface area contributed by atoms with Crippen molar-refractivity contribution in [2.45, 2.75) is 13.3 Å². The first-order valence-electron chi connectivity index (χ1n) is 4.31. The minimum absolute atomic E-state index is 0.329. The van der Waals surface area contributed by atoms with Crippen LogP contribution in [-0.2, 0) is 13.5 Å². The highest BCUT2D eigenvalue weighted by atomic mass is 16.2. The number of hydrogen-bond acceptors (Lipinski definition) is 3. The van der Waals surface area contributed by atoms with E-state index in [2.05, 4.69) is 15.0 Å². The second kappa shape index (κ2) is 2.83. The predicted octanol–water partition coefficient (Wildman–Crippen LogP) is -0.488. The molecule has 6 heteroatoms. The Bertz CT molecular complexity index is 589. The summed E-state index contributed by atoms with van der Waals surface area (Å²) in [6.07, 6.45) is 0.694. The van der Waals surface area contributed by atoms with Gasteiger partial charge in [-0.3, -0.25) is 14.3 Å². The molecule has 0 saturated carbocycles. The Kier molecular flexibility index (Phi) is 1.77. The minimum Gasteiger partial charge on any atom is -0.336 e. The summed E-state index contributed by atoms with van der Waals surface area (Å²) in [6, 6.07) is 0. The van der Waals surface area contributed by atoms with Crippen LogP contribution in [-0.4, -0.2) is 19.5 Å². The monoisotopic (exact) mass is 194 g/mol. The fourth-order valence-electron chi connectivity index (χ4n) is 1.28. The predicted molar refractivity (Wildman–Crippen MR) is 51.3 cm³/mol. The van der Waals surface area contributed by atoms with E-state index in [0.29, 0.717) is 23.4 Å². The number of H-pyrrole nitrogens is 2. The SMILES string of the molecule is CCc1nc2[nH]c(=O)n(C)c(=O)c2[nH]1. The van der Waals surface area contributed by atoms with Crippen molar-refractivity contribution in [3.05, 3.63) is 26.7 Å². The van der Waals surface area contributed by atoms with Crippen LogP contribution in [0.1, 0.15) is 12.7 Å². The minimum atomic E-state index is -0.448. The van der Waals surface area contributed by atoms with Gasteiger partial charge in [0.25, 0.3) is 5.56 Å². The number of aromatic amines is 2. The summed E-state index contributed by atoms with van der Waals surface area (Å²) >= 11 is 0. The molecule has 74 valence electrons. The first-order chi connectivity index (χ1) is 6.63. The number of rotatable bonds is 1. The molecule has 2 aromatic heterocycles. The van der Waals surface area contributed by atoms with Crippen molar-refractivity contribution < 1.29 is 0 Å². The number of imidazole rings is 1. The summed E-state index contributed by atoms with van der Waals surface area (Å²) in [4.78, 5) is 32.2. The van der Waals surface area contributed by atoms with E-state index in [1.807, 2.05) is 6.92 Å². The summed E-state index contributed by atoms with van der Waals surface area (Å²) in [7, 11) is 1.42. The van der Waals surface area contributed by atoms with E-state index in [9.17, 15) is 9.59 Å². The molecule has 2 aromatic rings. The van der Waals surface area contributed by atoms with E-state index in [4.69, 9.17) is 0 Å². The van der Waals surface area contributed by atoms with Crippen molar-refractivity contribution >= 4 is 11.2 Å². The molecule has 0 unspecified atom stereocenters. The van der Waals surface area contributed by atoms with E-state index < -0.39 is 5.69 Å². The maximum atomic E-state index is 11.6. The lowest BCUT2D eigenvalue weighted by Crippen LogP contribution is -2.32. The van der Waals surface area contributed by atoms with Gasteiger partial charge in [0.15, 0.2) is 5.65 Å². The van der Waals surface area contributed by atoms with Crippen molar-refractivity contribution in [3.8, 4) is 0 Å². The van der Waals surface area contributed by atoms with Crippen LogP contribution in [0.15, 0.2) is 9.59 Å². The van der Waals surface area contributed by atoms with Crippen molar-refractivity contribution in [1.82, 2.24) is 19.5 Å². The molecule has 0 radical (unpaired) electrons. The summed E-state index contributed by atoms with van der Waals surface area (Å²) < 4.78 is 1.01. The van der Waals surface area contributed by atoms with Crippen molar-refractivity contribution in [1.29, 1.82) is 0 Å². The Hall–Kier alpha value is -1.85. The van der Waals surface area contributed by atoms with E-state index in [1.54, 1.807) is 0 Å². The fourth-order valence-corrected chi connectivity index (χ4v) is 1.28. The summed E-state index contributed by atoms with van der Waals surface area (Å²) in [5, 5.41) is 0. The second-order valence-corrected chi connectivity index (χ2v) is 3.05. The van der Waals surface area contributed by atoms with Crippen LogP contribution < -0.4 is 11.2 Å². The standard InChI is InChI=1S/C8H10N4O2/c1-3-4-9-5-6(10-4)11-8(14)12(2)7(5)13/h3H2,1-2H3,(H,9,10)(H,11,14). The fraction of sp³-hybridized carbons (Fsp3) is 0.375. The Balaban J connectivity index is 2.95. The highest BCUT2D eigenvalue weighted by molar-refractivity contribution is 5.68. The van der Waals surface area contributed by atoms with Crippen LogP contribution in [0.2, 0.25) is 0 Å². The zero-order valence-electron chi connectivity index (χ0n) is 7.92. The molecule has 6 nitrogen and oxygen atoms in total. The number of nitrogens with zero attached hydrogens (tertiary/aromatic N) is 2. The first kappa shape index (κ1) is 8.74. The lowest BCUT2D eigenvalue weighted by atomic mass is 10.5. The third-order valence-electron chi connectivity index (χ3n) is 2.14. The quantitative estimate of drug-likeness (QED) is 0.642. The van der Waals surface area contributed by atoms with Gasteiger partial charge in [0.1, 0.15) is 11.3 Å². The van der Waals surface area contributed by atoms with Crippen LogP contribution >= 0.6 is 0 Å². The van der Waals surface area contributed by atoms with Gasteiger partial charge in [-0.15, -0.1) is 0 Å². The molecule has 2 heterocycles. The lowest BCUT2D eigenvalue weighted by molar-refractivity contribution is 0.790. The Morgan fingerprint density at radius 2 is 2.07 bits per heavy atom. The van der Waals surface area contributed by atoms with Gasteiger partial charge in [-0.1, -0.05) is 6.92 Å². The summed E-state index contributed by atoms with van der Waals surface area (Å²) in [5.74, 6) is 0.693. The molecule has 0 amide bonds. The zero-order valence-corrected chi connectivity index (χ0v) is 7.92. The largest absolute Gasteiger partial charge is 0.336 e. The molecule has 0 atom stereocenters. The highest BCUT2D eigenvalue weighted by Gasteiger charge is 2.08. The summed E-state index contributed by atoms with van der Waals surface area (Å²) in [5.41, 5.74) is -0.119. The van der Waals surface area contributed by atoms with Crippen molar-refractivity contribution in [3.63, 3.8) is 0 Å². The van der Waals surface area contributed by atoms with E-state index in [0.717, 1.165) is 4.57 Å². The first-order valence-corrected chi connectivity index (χ1v) is 4.31. The molecule has 2 rings (SSSR count). The number of fused-ring (bicyclic) bond motifs is 1. The van der Waals surface area contributed by atoms with Crippen LogP contribution in [0, 0.1) is 0 Å². The molecule has 0 bridgehead atoms. The van der Waals surface area contributed by atoms with Crippen molar-refractivity contribution in [2.75, 3.05) is 0 Å². The maximum Gasteiger partial charge on any atom is 0.329 e. The van der Waals surface area contributed by atoms with Gasteiger partial charge in [-0.2, -0.15) is 0 Å². The van der Waals surface area contributed by atoms with Gasteiger partial charge in [-0.05, 0) is 0 Å². The molecule has 0 fully saturated rings. The average molecular weight is 194 g/mol. The van der Waals surface area contributed by atoms with Crippen LogP contribution in [0.25, 0.3) is 11.2 Å². The van der Waals surface area contributed by atoms with E-state index in [1.165, 1.54) is 7.05 Å². The van der Waals surface area contributed by atoms with Crippen LogP contribution in [0.3, 0.4) is 0 Å². The summed E-state index contributed by atoms with van der Waals surface area (Å²) in [6.45, 7) is 1.92. The smallest absolute Gasteiger partial charge is 0.329 e. The zero-order chi connectivity index (χ0) is 10.3. The molecule has 0 spiro atoms. The molecule has 14 heavy (non-hydrogen) atoms. The third kappa shape index (κ3) is 1.07. The number of hydrogen-bond donors (Lipinski definition) is 2. The van der Waals surface area contributed by atoms with Gasteiger partial charge in [0.05, 0.1) is 0 Å². The van der Waals surface area contributed by atoms with Crippen LogP contribution in [0.4, 0.5) is 0 Å². The molecule has 2 N–H and O–H groups in total.